The highest BCUT2D eigenvalue weighted by Gasteiger charge is 2.15. The Morgan fingerprint density at radius 1 is 0.500 bits per heavy atom. The van der Waals surface area contributed by atoms with E-state index < -0.39 is 0 Å². The summed E-state index contributed by atoms with van der Waals surface area (Å²) in [5, 5.41) is 2.76. The average Bonchev–Trinajstić information content (AvgIpc) is 3.64. The summed E-state index contributed by atoms with van der Waals surface area (Å²) < 4.78 is 4.42. The van der Waals surface area contributed by atoms with Gasteiger partial charge in [-0.05, 0) is 58.6 Å². The summed E-state index contributed by atoms with van der Waals surface area (Å²) >= 11 is 13.9. The second-order valence-corrected chi connectivity index (χ2v) is 12.3. The summed E-state index contributed by atoms with van der Waals surface area (Å²) in [6.45, 7) is 0. The molecule has 0 N–H and O–H groups in total. The van der Waals surface area contributed by atoms with Gasteiger partial charge in [-0.1, -0.05) is 109 Å². The van der Waals surface area contributed by atoms with Crippen LogP contribution < -0.4 is 0 Å². The summed E-state index contributed by atoms with van der Waals surface area (Å²) in [6, 6.07) is 45.4. The van der Waals surface area contributed by atoms with Gasteiger partial charge in [0, 0.05) is 26.7 Å². The molecule has 9 aromatic rings. The molecule has 0 aliphatic rings. The maximum atomic E-state index is 6.24. The minimum atomic E-state index is 0.272. The van der Waals surface area contributed by atoms with Crippen LogP contribution in [-0.4, -0.2) is 24.5 Å². The van der Waals surface area contributed by atoms with E-state index in [1.54, 1.807) is 17.5 Å². The number of hydrogen-bond donors (Lipinski definition) is 0. The van der Waals surface area contributed by atoms with Crippen molar-refractivity contribution in [2.45, 2.75) is 0 Å². The van der Waals surface area contributed by atoms with Crippen molar-refractivity contribution in [1.82, 2.24) is 24.5 Å². The lowest BCUT2D eigenvalue weighted by Crippen LogP contribution is -1.93. The van der Waals surface area contributed by atoms with Crippen molar-refractivity contribution in [2.24, 2.45) is 0 Å². The Balaban J connectivity index is 0.000000140. The molecule has 5 nitrogen and oxygen atoms in total. The molecule has 220 valence electrons. The highest BCUT2D eigenvalue weighted by molar-refractivity contribution is 7.26. The molecule has 46 heavy (non-hydrogen) atoms. The first-order valence-corrected chi connectivity index (χ1v) is 16.2. The summed E-state index contributed by atoms with van der Waals surface area (Å²) in [7, 11) is 0. The normalized spacial score (nSPS) is 11.3. The van der Waals surface area contributed by atoms with Crippen LogP contribution in [0.25, 0.3) is 70.3 Å². The second kappa shape index (κ2) is 12.0. The molecule has 0 spiro atoms. The third-order valence-corrected chi connectivity index (χ3v) is 9.37. The van der Waals surface area contributed by atoms with Gasteiger partial charge in [0.15, 0.2) is 0 Å². The summed E-state index contributed by atoms with van der Waals surface area (Å²) in [5.41, 5.74) is 9.27. The highest BCUT2D eigenvalue weighted by Crippen LogP contribution is 2.39. The number of benzene rings is 5. The van der Waals surface area contributed by atoms with Crippen molar-refractivity contribution in [3.8, 4) is 28.1 Å². The zero-order chi connectivity index (χ0) is 31.0. The number of thiophene rings is 1. The van der Waals surface area contributed by atoms with Gasteiger partial charge in [0.2, 0.25) is 10.6 Å². The topological polar surface area (TPSA) is 56.5 Å². The quantitative estimate of drug-likeness (QED) is 0.178. The molecule has 9 rings (SSSR count). The molecule has 0 radical (unpaired) electrons. The van der Waals surface area contributed by atoms with Gasteiger partial charge in [0.25, 0.3) is 0 Å². The minimum Gasteiger partial charge on any atom is -0.306 e. The number of nitrogens with zero attached hydrogens (tertiary/aromatic N) is 5. The predicted molar refractivity (Wildman–Crippen MR) is 192 cm³/mol. The summed E-state index contributed by atoms with van der Waals surface area (Å²) in [6.07, 6.45) is 1.78. The van der Waals surface area contributed by atoms with Crippen molar-refractivity contribution in [2.75, 3.05) is 0 Å². The SMILES string of the molecule is Clc1nc(-c2ccc(-c3ccccc3)cc2)c2sc3ccccc3c2n1.Clc1ncc2c(n1)c1ccccc1n2-c1ccccc1. The average molecular weight is 653 g/mol. The molecule has 0 aliphatic carbocycles. The van der Waals surface area contributed by atoms with Crippen LogP contribution in [0.3, 0.4) is 0 Å². The van der Waals surface area contributed by atoms with Crippen molar-refractivity contribution in [1.29, 1.82) is 0 Å². The third-order valence-electron chi connectivity index (χ3n) is 7.85. The van der Waals surface area contributed by atoms with E-state index in [1.165, 1.54) is 15.8 Å². The first kappa shape index (κ1) is 28.3. The Morgan fingerprint density at radius 2 is 1.11 bits per heavy atom. The van der Waals surface area contributed by atoms with Crippen LogP contribution in [0.2, 0.25) is 10.6 Å². The Kier molecular flexibility index (Phi) is 7.39. The van der Waals surface area contributed by atoms with Crippen LogP contribution in [-0.2, 0) is 0 Å². The molecule has 0 aliphatic heterocycles. The van der Waals surface area contributed by atoms with Gasteiger partial charge in [-0.15, -0.1) is 11.3 Å². The fraction of sp³-hybridized carbons (Fsp3) is 0. The minimum absolute atomic E-state index is 0.272. The van der Waals surface area contributed by atoms with Gasteiger partial charge in [-0.25, -0.2) is 19.9 Å². The van der Waals surface area contributed by atoms with Crippen LogP contribution in [0.4, 0.5) is 0 Å². The van der Waals surface area contributed by atoms with Crippen LogP contribution in [0, 0.1) is 0 Å². The maximum absolute atomic E-state index is 6.24. The molecule has 0 amide bonds. The van der Waals surface area contributed by atoms with Crippen molar-refractivity contribution in [3.05, 3.63) is 150 Å². The van der Waals surface area contributed by atoms with Crippen LogP contribution >= 0.6 is 34.5 Å². The van der Waals surface area contributed by atoms with E-state index in [0.29, 0.717) is 0 Å². The first-order chi connectivity index (χ1) is 22.6. The lowest BCUT2D eigenvalue weighted by molar-refractivity contribution is 1.14. The second-order valence-electron chi connectivity index (χ2n) is 10.6. The molecule has 0 bridgehead atoms. The first-order valence-electron chi connectivity index (χ1n) is 14.6. The number of aromatic nitrogens is 5. The van der Waals surface area contributed by atoms with Gasteiger partial charge >= 0.3 is 0 Å². The Morgan fingerprint density at radius 3 is 1.89 bits per heavy atom. The van der Waals surface area contributed by atoms with E-state index in [9.17, 15) is 0 Å². The number of halogens is 2. The van der Waals surface area contributed by atoms with Crippen molar-refractivity contribution in [3.63, 3.8) is 0 Å². The molecular weight excluding hydrogens is 629 g/mol. The molecule has 5 aromatic carbocycles. The zero-order valence-electron chi connectivity index (χ0n) is 24.2. The molecule has 0 saturated carbocycles. The van der Waals surface area contributed by atoms with Crippen molar-refractivity contribution >= 4 is 76.8 Å². The standard InChI is InChI=1S/C22H13ClN2S.C16H10ClN3/c23-22-24-19(21-20(25-22)17-8-4-5-9-18(17)26-21)16-12-10-15(11-13-16)14-6-2-1-3-7-14;17-16-18-10-14-15(19-16)12-8-4-5-9-13(12)20(14)11-6-2-1-3-7-11/h1-13H;1-10H. The van der Waals surface area contributed by atoms with E-state index in [4.69, 9.17) is 23.2 Å². The van der Waals surface area contributed by atoms with Gasteiger partial charge in [-0.3, -0.25) is 0 Å². The number of hydrogen-bond acceptors (Lipinski definition) is 5. The van der Waals surface area contributed by atoms with Gasteiger partial charge in [0.1, 0.15) is 5.52 Å². The molecule has 0 atom stereocenters. The third kappa shape index (κ3) is 5.16. The van der Waals surface area contributed by atoms with E-state index >= 15 is 0 Å². The monoisotopic (exact) mass is 651 g/mol. The van der Waals surface area contributed by atoms with Gasteiger partial charge in [-0.2, -0.15) is 0 Å². The largest absolute Gasteiger partial charge is 0.306 e. The number of rotatable bonds is 3. The molecule has 8 heteroatoms. The lowest BCUT2D eigenvalue weighted by atomic mass is 10.0. The van der Waals surface area contributed by atoms with Crippen LogP contribution in [0.1, 0.15) is 0 Å². The molecule has 0 fully saturated rings. The lowest BCUT2D eigenvalue weighted by Gasteiger charge is -2.06. The highest BCUT2D eigenvalue weighted by atomic mass is 35.5. The van der Waals surface area contributed by atoms with Gasteiger partial charge < -0.3 is 4.57 Å². The van der Waals surface area contributed by atoms with E-state index in [2.05, 4.69) is 97.3 Å². The molecular formula is C38H23Cl2N5S. The van der Waals surface area contributed by atoms with Crippen molar-refractivity contribution < 1.29 is 0 Å². The van der Waals surface area contributed by atoms with E-state index in [-0.39, 0.29) is 10.6 Å². The predicted octanol–water partition coefficient (Wildman–Crippen LogP) is 11.1. The van der Waals surface area contributed by atoms with E-state index in [1.807, 2.05) is 60.7 Å². The Bertz CT molecular complexity index is 2490. The summed E-state index contributed by atoms with van der Waals surface area (Å²) in [5.74, 6) is 0. The molecule has 0 saturated heterocycles. The van der Waals surface area contributed by atoms with Crippen LogP contribution in [0.5, 0.6) is 0 Å². The Labute approximate surface area is 278 Å². The number of fused-ring (bicyclic) bond motifs is 6. The Hall–Kier alpha value is -5.14. The summed E-state index contributed by atoms with van der Waals surface area (Å²) in [4.78, 5) is 17.5. The van der Waals surface area contributed by atoms with Gasteiger partial charge in [0.05, 0.1) is 33.1 Å². The smallest absolute Gasteiger partial charge is 0.223 e. The molecule has 0 unspecified atom stereocenters. The molecule has 4 heterocycles. The molecule has 4 aromatic heterocycles. The van der Waals surface area contributed by atoms with E-state index in [0.717, 1.165) is 54.5 Å². The van der Waals surface area contributed by atoms with Crippen LogP contribution in [0.15, 0.2) is 140 Å². The zero-order valence-corrected chi connectivity index (χ0v) is 26.5. The maximum Gasteiger partial charge on any atom is 0.223 e. The fourth-order valence-electron chi connectivity index (χ4n) is 5.78. The fourth-order valence-corrected chi connectivity index (χ4v) is 7.24. The number of para-hydroxylation sites is 2.